The van der Waals surface area contributed by atoms with E-state index in [2.05, 4.69) is 25.3 Å². The third-order valence-corrected chi connectivity index (χ3v) is 4.54. The van der Waals surface area contributed by atoms with E-state index in [-0.39, 0.29) is 18.5 Å². The molecule has 4 rings (SSSR count). The molecule has 0 saturated carbocycles. The van der Waals surface area contributed by atoms with Crippen molar-refractivity contribution < 1.29 is 13.7 Å². The minimum Gasteiger partial charge on any atom is -0.485 e. The smallest absolute Gasteiger partial charge is 0.240 e. The Kier molecular flexibility index (Phi) is 5.12. The van der Waals surface area contributed by atoms with Crippen molar-refractivity contribution in [3.05, 3.63) is 60.0 Å². The van der Waals surface area contributed by atoms with E-state index in [1.807, 2.05) is 17.8 Å². The summed E-state index contributed by atoms with van der Waals surface area (Å²) in [5, 5.41) is 7.38. The predicted octanol–water partition coefficient (Wildman–Crippen LogP) is 1.67. The Morgan fingerprint density at radius 3 is 2.96 bits per heavy atom. The zero-order chi connectivity index (χ0) is 18.6. The maximum atomic E-state index is 12.9. The number of hydrogen-bond acceptors (Lipinski definition) is 7. The van der Waals surface area contributed by atoms with Crippen LogP contribution in [0, 0.1) is 5.82 Å². The molecule has 2 aromatic heterocycles. The molecule has 1 aromatic carbocycles. The number of halogens is 1. The lowest BCUT2D eigenvalue weighted by Gasteiger charge is -2.34. The van der Waals surface area contributed by atoms with Gasteiger partial charge in [-0.3, -0.25) is 4.90 Å². The van der Waals surface area contributed by atoms with E-state index in [4.69, 9.17) is 9.26 Å². The van der Waals surface area contributed by atoms with Gasteiger partial charge in [0, 0.05) is 39.1 Å². The van der Waals surface area contributed by atoms with Gasteiger partial charge < -0.3 is 19.1 Å². The van der Waals surface area contributed by atoms with Crippen molar-refractivity contribution in [2.75, 3.05) is 19.6 Å². The molecule has 1 unspecified atom stereocenters. The summed E-state index contributed by atoms with van der Waals surface area (Å²) in [6, 6.07) is 5.96. The van der Waals surface area contributed by atoms with Crippen LogP contribution in [0.1, 0.15) is 23.6 Å². The SMILES string of the molecule is Cn1ccnc1C1CNCCN1Cc1nc(COc2ccc(F)cc2)no1. The molecule has 0 spiro atoms. The summed E-state index contributed by atoms with van der Waals surface area (Å²) in [6.45, 7) is 3.29. The monoisotopic (exact) mass is 372 g/mol. The summed E-state index contributed by atoms with van der Waals surface area (Å²) in [4.78, 5) is 11.2. The fraction of sp³-hybridized carbons (Fsp3) is 0.389. The molecule has 3 heterocycles. The number of rotatable bonds is 6. The fourth-order valence-electron chi connectivity index (χ4n) is 3.15. The Bertz CT molecular complexity index is 878. The molecule has 9 heteroatoms. The third kappa shape index (κ3) is 4.15. The highest BCUT2D eigenvalue weighted by Crippen LogP contribution is 2.22. The van der Waals surface area contributed by atoms with Gasteiger partial charge in [0.2, 0.25) is 11.7 Å². The molecular weight excluding hydrogens is 351 g/mol. The normalized spacial score (nSPS) is 17.9. The molecule has 0 radical (unpaired) electrons. The molecule has 3 aromatic rings. The zero-order valence-corrected chi connectivity index (χ0v) is 15.0. The van der Waals surface area contributed by atoms with Crippen LogP contribution in [0.2, 0.25) is 0 Å². The molecule has 142 valence electrons. The molecule has 0 aliphatic carbocycles. The van der Waals surface area contributed by atoms with Crippen molar-refractivity contribution in [3.63, 3.8) is 0 Å². The average molecular weight is 372 g/mol. The van der Waals surface area contributed by atoms with Crippen molar-refractivity contribution in [1.29, 1.82) is 0 Å². The van der Waals surface area contributed by atoms with Crippen molar-refractivity contribution >= 4 is 0 Å². The topological polar surface area (TPSA) is 81.2 Å². The zero-order valence-electron chi connectivity index (χ0n) is 15.0. The number of benzene rings is 1. The van der Waals surface area contributed by atoms with Crippen molar-refractivity contribution in [3.8, 4) is 5.75 Å². The maximum Gasteiger partial charge on any atom is 0.240 e. The molecule has 1 saturated heterocycles. The highest BCUT2D eigenvalue weighted by molar-refractivity contribution is 5.22. The molecule has 0 bridgehead atoms. The van der Waals surface area contributed by atoms with Crippen LogP contribution in [-0.2, 0) is 20.2 Å². The summed E-state index contributed by atoms with van der Waals surface area (Å²) in [5.41, 5.74) is 0. The third-order valence-electron chi connectivity index (χ3n) is 4.54. The van der Waals surface area contributed by atoms with Crippen molar-refractivity contribution in [2.24, 2.45) is 7.05 Å². The Balaban J connectivity index is 1.39. The van der Waals surface area contributed by atoms with Gasteiger partial charge in [0.1, 0.15) is 17.4 Å². The van der Waals surface area contributed by atoms with Crippen LogP contribution in [0.25, 0.3) is 0 Å². The van der Waals surface area contributed by atoms with E-state index in [0.717, 1.165) is 25.5 Å². The van der Waals surface area contributed by atoms with Crippen LogP contribution in [0.15, 0.2) is 41.2 Å². The molecule has 1 fully saturated rings. The summed E-state index contributed by atoms with van der Waals surface area (Å²) < 4.78 is 25.9. The van der Waals surface area contributed by atoms with Gasteiger partial charge in [0.05, 0.1) is 12.6 Å². The Morgan fingerprint density at radius 1 is 1.33 bits per heavy atom. The van der Waals surface area contributed by atoms with Crippen molar-refractivity contribution in [1.82, 2.24) is 29.9 Å². The van der Waals surface area contributed by atoms with E-state index >= 15 is 0 Å². The van der Waals surface area contributed by atoms with Gasteiger partial charge in [-0.15, -0.1) is 0 Å². The molecule has 1 aliphatic heterocycles. The summed E-state index contributed by atoms with van der Waals surface area (Å²) in [6.07, 6.45) is 3.75. The first-order valence-corrected chi connectivity index (χ1v) is 8.81. The minimum atomic E-state index is -0.303. The molecule has 1 aliphatic rings. The standard InChI is InChI=1S/C18H21FN6O2/c1-24-8-7-21-18(24)15-10-20-6-9-25(15)11-17-22-16(23-27-17)12-26-14-4-2-13(19)3-5-14/h2-5,7-8,15,20H,6,9-12H2,1H3. The van der Waals surface area contributed by atoms with Crippen LogP contribution in [0.3, 0.4) is 0 Å². The van der Waals surface area contributed by atoms with Gasteiger partial charge in [-0.2, -0.15) is 4.98 Å². The van der Waals surface area contributed by atoms with Crippen molar-refractivity contribution in [2.45, 2.75) is 19.2 Å². The maximum absolute atomic E-state index is 12.9. The highest BCUT2D eigenvalue weighted by atomic mass is 19.1. The molecule has 8 nitrogen and oxygen atoms in total. The summed E-state index contributed by atoms with van der Waals surface area (Å²) >= 11 is 0. The quantitative estimate of drug-likeness (QED) is 0.705. The number of nitrogens with zero attached hydrogens (tertiary/aromatic N) is 5. The second-order valence-electron chi connectivity index (χ2n) is 6.43. The Hall–Kier alpha value is -2.78. The lowest BCUT2D eigenvalue weighted by atomic mass is 10.1. The number of piperazine rings is 1. The molecule has 1 atom stereocenters. The highest BCUT2D eigenvalue weighted by Gasteiger charge is 2.28. The first-order valence-electron chi connectivity index (χ1n) is 8.81. The Labute approximate surface area is 156 Å². The molecule has 0 amide bonds. The summed E-state index contributed by atoms with van der Waals surface area (Å²) in [7, 11) is 1.99. The van der Waals surface area contributed by atoms with E-state index in [1.165, 1.54) is 12.1 Å². The second-order valence-corrected chi connectivity index (χ2v) is 6.43. The van der Waals surface area contributed by atoms with E-state index in [0.29, 0.717) is 24.0 Å². The molecular formula is C18H21FN6O2. The fourth-order valence-corrected chi connectivity index (χ4v) is 3.15. The van der Waals surface area contributed by atoms with Crippen LogP contribution in [-0.4, -0.2) is 44.2 Å². The number of hydrogen-bond donors (Lipinski definition) is 1. The largest absolute Gasteiger partial charge is 0.485 e. The van der Waals surface area contributed by atoms with Crippen LogP contribution >= 0.6 is 0 Å². The van der Waals surface area contributed by atoms with Gasteiger partial charge in [-0.25, -0.2) is 9.37 Å². The summed E-state index contributed by atoms with van der Waals surface area (Å²) in [5.74, 6) is 2.25. The van der Waals surface area contributed by atoms with Crippen LogP contribution in [0.5, 0.6) is 5.75 Å². The first-order chi connectivity index (χ1) is 13.2. The second kappa shape index (κ2) is 7.85. The average Bonchev–Trinajstić information content (AvgIpc) is 3.31. The van der Waals surface area contributed by atoms with Gasteiger partial charge in [0.25, 0.3) is 0 Å². The molecule has 27 heavy (non-hydrogen) atoms. The lowest BCUT2D eigenvalue weighted by Crippen LogP contribution is -2.46. The number of aromatic nitrogens is 4. The number of nitrogens with one attached hydrogen (secondary N) is 1. The van der Waals surface area contributed by atoms with Crippen LogP contribution < -0.4 is 10.1 Å². The molecule has 1 N–H and O–H groups in total. The van der Waals surface area contributed by atoms with E-state index in [9.17, 15) is 4.39 Å². The van der Waals surface area contributed by atoms with E-state index in [1.54, 1.807) is 18.3 Å². The predicted molar refractivity (Wildman–Crippen MR) is 94.3 cm³/mol. The number of aryl methyl sites for hydroxylation is 1. The number of imidazole rings is 1. The number of ether oxygens (including phenoxy) is 1. The Morgan fingerprint density at radius 2 is 2.19 bits per heavy atom. The van der Waals surface area contributed by atoms with Gasteiger partial charge in [-0.05, 0) is 24.3 Å². The van der Waals surface area contributed by atoms with Gasteiger partial charge >= 0.3 is 0 Å². The first kappa shape index (κ1) is 17.6. The van der Waals surface area contributed by atoms with Gasteiger partial charge in [-0.1, -0.05) is 5.16 Å². The van der Waals surface area contributed by atoms with E-state index < -0.39 is 0 Å². The van der Waals surface area contributed by atoms with Gasteiger partial charge in [0.15, 0.2) is 6.61 Å². The van der Waals surface area contributed by atoms with Crippen LogP contribution in [0.4, 0.5) is 4.39 Å². The lowest BCUT2D eigenvalue weighted by molar-refractivity contribution is 0.128. The minimum absolute atomic E-state index is 0.143.